The number of hydrogen-bond donors (Lipinski definition) is 1. The quantitative estimate of drug-likeness (QED) is 0.691. The lowest BCUT2D eigenvalue weighted by atomic mass is 9.81. The van der Waals surface area contributed by atoms with Crippen molar-refractivity contribution in [3.05, 3.63) is 35.4 Å². The van der Waals surface area contributed by atoms with Crippen LogP contribution in [0.2, 0.25) is 0 Å². The van der Waals surface area contributed by atoms with E-state index in [0.717, 1.165) is 24.0 Å². The van der Waals surface area contributed by atoms with Crippen LogP contribution in [0.15, 0.2) is 24.3 Å². The molecule has 0 aromatic heterocycles. The molecule has 1 unspecified atom stereocenters. The van der Waals surface area contributed by atoms with E-state index < -0.39 is 0 Å². The molecule has 3 aliphatic rings. The Morgan fingerprint density at radius 1 is 1.18 bits per heavy atom. The highest BCUT2D eigenvalue weighted by molar-refractivity contribution is 5.94. The first kappa shape index (κ1) is 9.66. The number of carbonyl (C=O) groups excluding carboxylic acids is 1. The van der Waals surface area contributed by atoms with Crippen LogP contribution in [-0.2, 0) is 10.3 Å². The number of fused-ring (bicyclic) bond motifs is 4. The number of ether oxygens (including phenoxy) is 1. The van der Waals surface area contributed by atoms with E-state index in [9.17, 15) is 4.79 Å². The second-order valence-corrected chi connectivity index (χ2v) is 5.48. The summed E-state index contributed by atoms with van der Waals surface area (Å²) in [4.78, 5) is 11.9. The van der Waals surface area contributed by atoms with Gasteiger partial charge in [0.25, 0.3) is 0 Å². The molecule has 1 aromatic carbocycles. The Kier molecular flexibility index (Phi) is 1.76. The largest absolute Gasteiger partial charge is 0.450 e. The first-order valence-electron chi connectivity index (χ1n) is 6.36. The lowest BCUT2D eigenvalue weighted by Crippen LogP contribution is -2.46. The fourth-order valence-corrected chi connectivity index (χ4v) is 3.75. The van der Waals surface area contributed by atoms with Crippen molar-refractivity contribution in [1.29, 1.82) is 0 Å². The molecule has 1 spiro atoms. The van der Waals surface area contributed by atoms with Crippen molar-refractivity contribution in [2.45, 2.75) is 43.4 Å². The highest BCUT2D eigenvalue weighted by Gasteiger charge is 2.52. The van der Waals surface area contributed by atoms with Crippen LogP contribution in [0.5, 0.6) is 0 Å². The van der Waals surface area contributed by atoms with Gasteiger partial charge in [-0.25, -0.2) is 4.79 Å². The Hall–Kier alpha value is -1.35. The third-order valence-electron chi connectivity index (χ3n) is 4.41. The van der Waals surface area contributed by atoms with Crippen LogP contribution < -0.4 is 5.32 Å². The topological polar surface area (TPSA) is 38.3 Å². The summed E-state index contributed by atoms with van der Waals surface area (Å²) in [6.07, 6.45) is 4.30. The molecule has 3 atom stereocenters. The number of esters is 1. The second-order valence-electron chi connectivity index (χ2n) is 5.48. The van der Waals surface area contributed by atoms with Crippen molar-refractivity contribution < 1.29 is 9.53 Å². The number of nitrogens with one attached hydrogen (secondary N) is 1. The van der Waals surface area contributed by atoms with Crippen LogP contribution in [0, 0.1) is 0 Å². The van der Waals surface area contributed by atoms with Gasteiger partial charge in [-0.2, -0.15) is 0 Å². The highest BCUT2D eigenvalue weighted by Crippen LogP contribution is 2.48. The summed E-state index contributed by atoms with van der Waals surface area (Å²) in [6, 6.07) is 8.91. The van der Waals surface area contributed by atoms with Crippen molar-refractivity contribution in [1.82, 2.24) is 5.32 Å². The van der Waals surface area contributed by atoms with Crippen LogP contribution in [0.1, 0.15) is 41.6 Å². The zero-order chi connectivity index (χ0) is 11.5. The van der Waals surface area contributed by atoms with Gasteiger partial charge in [0, 0.05) is 30.5 Å². The minimum absolute atomic E-state index is 0.137. The normalized spacial score (nSPS) is 38.2. The number of benzene rings is 1. The van der Waals surface area contributed by atoms with E-state index in [1.54, 1.807) is 0 Å². The summed E-state index contributed by atoms with van der Waals surface area (Å²) < 4.78 is 5.76. The Bertz CT molecular complexity index is 485. The fourth-order valence-electron chi connectivity index (χ4n) is 3.75. The molecular weight excluding hydrogens is 214 g/mol. The molecule has 2 saturated heterocycles. The van der Waals surface area contributed by atoms with Crippen LogP contribution in [-0.4, -0.2) is 18.1 Å². The molecule has 2 fully saturated rings. The SMILES string of the molecule is O=C1OC2(C[C@H]3CC[C@@H](C2)N3)c2ccccc21. The summed E-state index contributed by atoms with van der Waals surface area (Å²) in [6.45, 7) is 0. The summed E-state index contributed by atoms with van der Waals surface area (Å²) in [5.41, 5.74) is 1.56. The van der Waals surface area contributed by atoms with E-state index in [1.165, 1.54) is 12.8 Å². The molecular formula is C14H15NO2. The van der Waals surface area contributed by atoms with E-state index in [1.807, 2.05) is 18.2 Å². The van der Waals surface area contributed by atoms with E-state index >= 15 is 0 Å². The first-order valence-corrected chi connectivity index (χ1v) is 6.36. The minimum Gasteiger partial charge on any atom is -0.450 e. The zero-order valence-electron chi connectivity index (χ0n) is 9.61. The third-order valence-corrected chi connectivity index (χ3v) is 4.41. The molecule has 17 heavy (non-hydrogen) atoms. The van der Waals surface area contributed by atoms with E-state index in [0.29, 0.717) is 12.1 Å². The van der Waals surface area contributed by atoms with E-state index in [4.69, 9.17) is 4.74 Å². The zero-order valence-corrected chi connectivity index (χ0v) is 9.61. The van der Waals surface area contributed by atoms with Crippen LogP contribution in [0.25, 0.3) is 0 Å². The number of piperidine rings is 1. The highest BCUT2D eigenvalue weighted by atomic mass is 16.6. The molecule has 2 bridgehead atoms. The van der Waals surface area contributed by atoms with Gasteiger partial charge >= 0.3 is 5.97 Å². The van der Waals surface area contributed by atoms with Gasteiger partial charge in [0.2, 0.25) is 0 Å². The summed E-state index contributed by atoms with van der Waals surface area (Å²) in [7, 11) is 0. The standard InChI is InChI=1S/C14H15NO2/c16-13-11-3-1-2-4-12(11)14(17-13)7-9-5-6-10(8-14)15-9/h1-4,9-10,15H,5-8H2/t9-,10+,14?. The molecule has 3 heterocycles. The van der Waals surface area contributed by atoms with Crippen molar-refractivity contribution in [2.75, 3.05) is 0 Å². The average molecular weight is 229 g/mol. The lowest BCUT2D eigenvalue weighted by molar-refractivity contribution is -0.0342. The van der Waals surface area contributed by atoms with Gasteiger partial charge in [0.1, 0.15) is 5.60 Å². The predicted molar refractivity (Wildman–Crippen MR) is 62.7 cm³/mol. The van der Waals surface area contributed by atoms with E-state index in [-0.39, 0.29) is 11.6 Å². The first-order chi connectivity index (χ1) is 8.27. The monoisotopic (exact) mass is 229 g/mol. The molecule has 0 amide bonds. The van der Waals surface area contributed by atoms with Gasteiger partial charge in [-0.3, -0.25) is 0 Å². The van der Waals surface area contributed by atoms with Crippen LogP contribution >= 0.6 is 0 Å². The third kappa shape index (κ3) is 1.23. The summed E-state index contributed by atoms with van der Waals surface area (Å²) in [5, 5.41) is 3.60. The van der Waals surface area contributed by atoms with Gasteiger partial charge in [-0.1, -0.05) is 18.2 Å². The number of rotatable bonds is 0. The fraction of sp³-hybridized carbons (Fsp3) is 0.500. The molecule has 1 N–H and O–H groups in total. The lowest BCUT2D eigenvalue weighted by Gasteiger charge is -2.37. The van der Waals surface area contributed by atoms with Crippen LogP contribution in [0.3, 0.4) is 0 Å². The van der Waals surface area contributed by atoms with Gasteiger partial charge in [-0.15, -0.1) is 0 Å². The molecule has 4 rings (SSSR count). The van der Waals surface area contributed by atoms with Crippen molar-refractivity contribution in [3.8, 4) is 0 Å². The van der Waals surface area contributed by atoms with Crippen molar-refractivity contribution in [2.24, 2.45) is 0 Å². The molecule has 0 radical (unpaired) electrons. The van der Waals surface area contributed by atoms with Gasteiger partial charge in [0.15, 0.2) is 0 Å². The van der Waals surface area contributed by atoms with Gasteiger partial charge in [0.05, 0.1) is 5.56 Å². The molecule has 1 aromatic rings. The molecule has 3 heteroatoms. The molecule has 0 saturated carbocycles. The summed E-state index contributed by atoms with van der Waals surface area (Å²) >= 11 is 0. The molecule has 3 nitrogen and oxygen atoms in total. The molecule has 88 valence electrons. The van der Waals surface area contributed by atoms with Crippen molar-refractivity contribution in [3.63, 3.8) is 0 Å². The smallest absolute Gasteiger partial charge is 0.339 e. The average Bonchev–Trinajstić information content (AvgIpc) is 2.80. The number of hydrogen-bond acceptors (Lipinski definition) is 3. The Balaban J connectivity index is 1.83. The predicted octanol–water partition coefficient (Wildman–Crippen LogP) is 1.97. The van der Waals surface area contributed by atoms with Crippen LogP contribution in [0.4, 0.5) is 0 Å². The van der Waals surface area contributed by atoms with Crippen molar-refractivity contribution >= 4 is 5.97 Å². The molecule has 0 aliphatic carbocycles. The number of carbonyl (C=O) groups is 1. The maximum Gasteiger partial charge on any atom is 0.339 e. The maximum atomic E-state index is 11.9. The second kappa shape index (κ2) is 3.10. The Labute approximate surface area is 100 Å². The maximum absolute atomic E-state index is 11.9. The summed E-state index contributed by atoms with van der Waals surface area (Å²) in [5.74, 6) is -0.137. The van der Waals surface area contributed by atoms with Gasteiger partial charge in [-0.05, 0) is 18.9 Å². The minimum atomic E-state index is -0.329. The van der Waals surface area contributed by atoms with E-state index in [2.05, 4.69) is 11.4 Å². The molecule has 3 aliphatic heterocycles. The Morgan fingerprint density at radius 2 is 1.88 bits per heavy atom. The van der Waals surface area contributed by atoms with Gasteiger partial charge < -0.3 is 10.1 Å². The Morgan fingerprint density at radius 3 is 2.65 bits per heavy atom.